The Bertz CT molecular complexity index is 3080. The molecule has 0 saturated carbocycles. The first-order valence-corrected chi connectivity index (χ1v) is 17.1. The number of fused-ring (bicyclic) bond motifs is 9. The van der Waals surface area contributed by atoms with E-state index in [0.29, 0.717) is 0 Å². The van der Waals surface area contributed by atoms with Crippen molar-refractivity contribution in [2.45, 2.75) is 0 Å². The zero-order valence-electron chi connectivity index (χ0n) is 27.0. The number of hydrogen-bond acceptors (Lipinski definition) is 2. The van der Waals surface area contributed by atoms with E-state index in [-0.39, 0.29) is 0 Å². The summed E-state index contributed by atoms with van der Waals surface area (Å²) in [6.45, 7) is 0. The number of rotatable bonds is 3. The van der Waals surface area contributed by atoms with E-state index in [0.717, 1.165) is 49.4 Å². The third-order valence-electron chi connectivity index (χ3n) is 10.5. The molecule has 0 saturated heterocycles. The van der Waals surface area contributed by atoms with Crippen molar-refractivity contribution < 1.29 is 8.83 Å². The third kappa shape index (κ3) is 3.90. The van der Waals surface area contributed by atoms with Gasteiger partial charge in [-0.1, -0.05) is 140 Å². The SMILES string of the molecule is c1ccc(-c2ccc(-c3c4ccccc4c(-c4ccc5oc6cc7c(cc6c5c4)oc4ccccc47)c4ccccc34)c3ccccc23)cc1. The van der Waals surface area contributed by atoms with Crippen LogP contribution in [0.4, 0.5) is 0 Å². The van der Waals surface area contributed by atoms with Crippen molar-refractivity contribution in [1.29, 1.82) is 0 Å². The van der Waals surface area contributed by atoms with Crippen LogP contribution >= 0.6 is 0 Å². The number of furan rings is 2. The second kappa shape index (κ2) is 10.4. The number of para-hydroxylation sites is 1. The molecule has 2 aromatic heterocycles. The summed E-state index contributed by atoms with van der Waals surface area (Å²) in [7, 11) is 0. The van der Waals surface area contributed by atoms with Crippen LogP contribution in [0.5, 0.6) is 0 Å². The zero-order valence-corrected chi connectivity index (χ0v) is 27.0. The predicted molar refractivity (Wildman–Crippen MR) is 210 cm³/mol. The van der Waals surface area contributed by atoms with Crippen LogP contribution in [0.15, 0.2) is 179 Å². The molecular formula is C48H28O2. The Morgan fingerprint density at radius 1 is 0.240 bits per heavy atom. The average molecular weight is 637 g/mol. The lowest BCUT2D eigenvalue weighted by molar-refractivity contribution is 0.664. The van der Waals surface area contributed by atoms with E-state index < -0.39 is 0 Å². The van der Waals surface area contributed by atoms with Crippen LogP contribution in [0.1, 0.15) is 0 Å². The van der Waals surface area contributed by atoms with Gasteiger partial charge in [-0.15, -0.1) is 0 Å². The highest BCUT2D eigenvalue weighted by atomic mass is 16.3. The summed E-state index contributed by atoms with van der Waals surface area (Å²) < 4.78 is 12.7. The van der Waals surface area contributed by atoms with Crippen LogP contribution < -0.4 is 0 Å². The minimum absolute atomic E-state index is 0.868. The molecule has 0 unspecified atom stereocenters. The van der Waals surface area contributed by atoms with Crippen molar-refractivity contribution in [1.82, 2.24) is 0 Å². The highest BCUT2D eigenvalue weighted by molar-refractivity contribution is 6.25. The molecule has 0 radical (unpaired) electrons. The van der Waals surface area contributed by atoms with Gasteiger partial charge in [0.05, 0.1) is 0 Å². The summed E-state index contributed by atoms with van der Waals surface area (Å²) in [5.41, 5.74) is 10.9. The van der Waals surface area contributed by atoms with Crippen LogP contribution in [0, 0.1) is 0 Å². The van der Waals surface area contributed by atoms with Crippen LogP contribution in [-0.2, 0) is 0 Å². The molecule has 9 aromatic carbocycles. The first-order valence-electron chi connectivity index (χ1n) is 17.1. The van der Waals surface area contributed by atoms with Gasteiger partial charge in [0.2, 0.25) is 0 Å². The van der Waals surface area contributed by atoms with Gasteiger partial charge in [0, 0.05) is 21.5 Å². The summed E-state index contributed by atoms with van der Waals surface area (Å²) in [5.74, 6) is 0. The normalized spacial score (nSPS) is 12.0. The van der Waals surface area contributed by atoms with Gasteiger partial charge in [-0.25, -0.2) is 0 Å². The van der Waals surface area contributed by atoms with Crippen LogP contribution in [0.2, 0.25) is 0 Å². The molecule has 0 N–H and O–H groups in total. The topological polar surface area (TPSA) is 26.3 Å². The van der Waals surface area contributed by atoms with E-state index in [1.165, 1.54) is 60.1 Å². The Kier molecular flexibility index (Phi) is 5.70. The molecule has 232 valence electrons. The molecule has 0 atom stereocenters. The van der Waals surface area contributed by atoms with E-state index in [9.17, 15) is 0 Å². The molecule has 50 heavy (non-hydrogen) atoms. The Morgan fingerprint density at radius 3 is 1.36 bits per heavy atom. The van der Waals surface area contributed by atoms with E-state index >= 15 is 0 Å². The maximum Gasteiger partial charge on any atom is 0.136 e. The Hall–Kier alpha value is -6.64. The van der Waals surface area contributed by atoms with Crippen molar-refractivity contribution in [2.75, 3.05) is 0 Å². The molecule has 0 aliphatic heterocycles. The summed E-state index contributed by atoms with van der Waals surface area (Å²) in [5, 5.41) is 11.7. The smallest absolute Gasteiger partial charge is 0.136 e. The summed E-state index contributed by atoms with van der Waals surface area (Å²) in [6.07, 6.45) is 0. The molecule has 0 aliphatic carbocycles. The zero-order chi connectivity index (χ0) is 32.8. The fourth-order valence-corrected chi connectivity index (χ4v) is 8.27. The van der Waals surface area contributed by atoms with Gasteiger partial charge < -0.3 is 8.83 Å². The highest BCUT2D eigenvalue weighted by Crippen LogP contribution is 2.47. The standard InChI is InChI=1S/C48H28O2/c1-2-12-29(13-3-1)31-23-24-39(33-15-5-4-14-32(31)33)48-37-19-8-6-17-35(37)47(36-18-7-9-20-38(36)48)30-22-25-44-40(26-30)42-28-45-41(27-46(42)50-44)34-16-10-11-21-43(34)49-45/h1-28H. The van der Waals surface area contributed by atoms with Crippen LogP contribution in [0.25, 0.3) is 110 Å². The van der Waals surface area contributed by atoms with Crippen molar-refractivity contribution in [3.05, 3.63) is 170 Å². The Labute approximate surface area is 287 Å². The highest BCUT2D eigenvalue weighted by Gasteiger charge is 2.20. The Balaban J connectivity index is 1.18. The largest absolute Gasteiger partial charge is 0.456 e. The first kappa shape index (κ1) is 27.3. The van der Waals surface area contributed by atoms with Gasteiger partial charge in [-0.3, -0.25) is 0 Å². The van der Waals surface area contributed by atoms with E-state index in [2.05, 4.69) is 158 Å². The minimum Gasteiger partial charge on any atom is -0.456 e. The van der Waals surface area contributed by atoms with Gasteiger partial charge in [0.1, 0.15) is 22.3 Å². The van der Waals surface area contributed by atoms with Gasteiger partial charge >= 0.3 is 0 Å². The molecule has 2 heteroatoms. The molecule has 0 aliphatic rings. The maximum atomic E-state index is 6.46. The van der Waals surface area contributed by atoms with Crippen molar-refractivity contribution in [2.24, 2.45) is 0 Å². The third-order valence-corrected chi connectivity index (χ3v) is 10.5. The molecule has 0 fully saturated rings. The van der Waals surface area contributed by atoms with E-state index in [1.54, 1.807) is 0 Å². The Morgan fingerprint density at radius 2 is 0.700 bits per heavy atom. The quantitative estimate of drug-likeness (QED) is 0.180. The minimum atomic E-state index is 0.868. The number of hydrogen-bond donors (Lipinski definition) is 0. The van der Waals surface area contributed by atoms with E-state index in [1.807, 2.05) is 12.1 Å². The second-order valence-corrected chi connectivity index (χ2v) is 13.2. The van der Waals surface area contributed by atoms with Crippen molar-refractivity contribution in [3.63, 3.8) is 0 Å². The van der Waals surface area contributed by atoms with Gasteiger partial charge in [-0.2, -0.15) is 0 Å². The van der Waals surface area contributed by atoms with Gasteiger partial charge in [0.25, 0.3) is 0 Å². The summed E-state index contributed by atoms with van der Waals surface area (Å²) in [4.78, 5) is 0. The molecule has 0 spiro atoms. The van der Waals surface area contributed by atoms with Gasteiger partial charge in [0.15, 0.2) is 0 Å². The molecule has 2 nitrogen and oxygen atoms in total. The fraction of sp³-hybridized carbons (Fsp3) is 0. The lowest BCUT2D eigenvalue weighted by Crippen LogP contribution is -1.92. The maximum absolute atomic E-state index is 6.46. The fourth-order valence-electron chi connectivity index (χ4n) is 8.27. The molecule has 11 aromatic rings. The lowest BCUT2D eigenvalue weighted by Gasteiger charge is -2.19. The monoisotopic (exact) mass is 636 g/mol. The van der Waals surface area contributed by atoms with Gasteiger partial charge in [-0.05, 0) is 96.0 Å². The molecule has 0 bridgehead atoms. The average Bonchev–Trinajstić information content (AvgIpc) is 3.73. The number of benzene rings is 9. The van der Waals surface area contributed by atoms with Crippen molar-refractivity contribution in [3.8, 4) is 33.4 Å². The van der Waals surface area contributed by atoms with Crippen molar-refractivity contribution >= 4 is 76.2 Å². The van der Waals surface area contributed by atoms with Crippen LogP contribution in [-0.4, -0.2) is 0 Å². The molecule has 2 heterocycles. The molecule has 0 amide bonds. The molecular weight excluding hydrogens is 609 g/mol. The summed E-state index contributed by atoms with van der Waals surface area (Å²) >= 11 is 0. The second-order valence-electron chi connectivity index (χ2n) is 13.2. The van der Waals surface area contributed by atoms with Crippen LogP contribution in [0.3, 0.4) is 0 Å². The summed E-state index contributed by atoms with van der Waals surface area (Å²) in [6, 6.07) is 61.0. The molecule has 11 rings (SSSR count). The predicted octanol–water partition coefficient (Wildman–Crippen LogP) is 13.9. The lowest BCUT2D eigenvalue weighted by atomic mass is 9.83. The van der Waals surface area contributed by atoms with E-state index in [4.69, 9.17) is 8.83 Å². The first-order chi connectivity index (χ1) is 24.8.